The molecule has 1 N–H and O–H groups in total. The largest absolute Gasteiger partial charge is 0.388 e. The van der Waals surface area contributed by atoms with E-state index < -0.39 is 5.60 Å². The fraction of sp³-hybridized carbons (Fsp3) is 0.900. The van der Waals surface area contributed by atoms with Gasteiger partial charge < -0.3 is 10.0 Å². The lowest BCUT2D eigenvalue weighted by Gasteiger charge is -2.28. The van der Waals surface area contributed by atoms with E-state index in [4.69, 9.17) is 5.26 Å². The Bertz CT molecular complexity index is 211. The maximum absolute atomic E-state index is 10.2. The van der Waals surface area contributed by atoms with E-state index in [0.29, 0.717) is 0 Å². The second-order valence-electron chi connectivity index (χ2n) is 4.11. The number of likely N-dealkylation sites (tertiary alicyclic amines) is 1. The van der Waals surface area contributed by atoms with Crippen LogP contribution >= 0.6 is 0 Å². The van der Waals surface area contributed by atoms with Gasteiger partial charge in [-0.3, -0.25) is 0 Å². The summed E-state index contributed by atoms with van der Waals surface area (Å²) in [4.78, 5) is 2.21. The standard InChI is InChI=1S/C10H18N2O/c1-9(8-11)10(13)4-3-6-12(2)7-5-10/h9,13H,3-7H2,1-2H3. The van der Waals surface area contributed by atoms with E-state index in [-0.39, 0.29) is 5.92 Å². The molecule has 0 aromatic heterocycles. The van der Waals surface area contributed by atoms with E-state index in [1.165, 1.54) is 0 Å². The molecule has 0 amide bonds. The summed E-state index contributed by atoms with van der Waals surface area (Å²) in [5.74, 6) is -0.251. The van der Waals surface area contributed by atoms with Gasteiger partial charge in [0.2, 0.25) is 0 Å². The Morgan fingerprint density at radius 3 is 2.77 bits per heavy atom. The monoisotopic (exact) mass is 182 g/mol. The van der Waals surface area contributed by atoms with E-state index in [9.17, 15) is 5.11 Å². The van der Waals surface area contributed by atoms with Crippen molar-refractivity contribution in [3.63, 3.8) is 0 Å². The van der Waals surface area contributed by atoms with Gasteiger partial charge in [0.25, 0.3) is 0 Å². The average molecular weight is 182 g/mol. The predicted molar refractivity (Wildman–Crippen MR) is 51.1 cm³/mol. The summed E-state index contributed by atoms with van der Waals surface area (Å²) in [6.45, 7) is 3.73. The first-order chi connectivity index (χ1) is 6.08. The van der Waals surface area contributed by atoms with Gasteiger partial charge in [-0.1, -0.05) is 0 Å². The molecule has 3 nitrogen and oxygen atoms in total. The molecule has 0 radical (unpaired) electrons. The fourth-order valence-corrected chi connectivity index (χ4v) is 1.83. The Hall–Kier alpha value is -0.590. The lowest BCUT2D eigenvalue weighted by molar-refractivity contribution is -0.00486. The van der Waals surface area contributed by atoms with Crippen molar-refractivity contribution in [2.45, 2.75) is 31.8 Å². The molecule has 1 rings (SSSR count). The van der Waals surface area contributed by atoms with Crippen LogP contribution in [0.4, 0.5) is 0 Å². The van der Waals surface area contributed by atoms with Crippen molar-refractivity contribution >= 4 is 0 Å². The van der Waals surface area contributed by atoms with Gasteiger partial charge in [0, 0.05) is 6.54 Å². The third-order valence-corrected chi connectivity index (χ3v) is 3.08. The smallest absolute Gasteiger partial charge is 0.0815 e. The minimum absolute atomic E-state index is 0.251. The lowest BCUT2D eigenvalue weighted by Crippen LogP contribution is -2.36. The zero-order valence-corrected chi connectivity index (χ0v) is 8.45. The number of nitriles is 1. The first kappa shape index (κ1) is 10.5. The summed E-state index contributed by atoms with van der Waals surface area (Å²) in [7, 11) is 2.06. The molecule has 1 heterocycles. The van der Waals surface area contributed by atoms with Gasteiger partial charge in [-0.2, -0.15) is 5.26 Å². The van der Waals surface area contributed by atoms with E-state index in [0.717, 1.165) is 32.4 Å². The summed E-state index contributed by atoms with van der Waals surface area (Å²) in [5, 5.41) is 19.0. The second-order valence-corrected chi connectivity index (χ2v) is 4.11. The Balaban J connectivity index is 2.63. The SMILES string of the molecule is CC(C#N)C1(O)CCCN(C)CC1. The van der Waals surface area contributed by atoms with Crippen LogP contribution in [-0.4, -0.2) is 35.7 Å². The van der Waals surface area contributed by atoms with Crippen LogP contribution in [0.15, 0.2) is 0 Å². The fourth-order valence-electron chi connectivity index (χ4n) is 1.83. The third-order valence-electron chi connectivity index (χ3n) is 3.08. The molecule has 0 aliphatic carbocycles. The molecule has 1 aliphatic heterocycles. The number of rotatable bonds is 1. The first-order valence-corrected chi connectivity index (χ1v) is 4.89. The number of aliphatic hydroxyl groups is 1. The minimum Gasteiger partial charge on any atom is -0.388 e. The average Bonchev–Trinajstić information content (AvgIpc) is 2.28. The summed E-state index contributed by atoms with van der Waals surface area (Å²) < 4.78 is 0. The second kappa shape index (κ2) is 4.08. The molecule has 0 bridgehead atoms. The zero-order valence-electron chi connectivity index (χ0n) is 8.45. The van der Waals surface area contributed by atoms with E-state index >= 15 is 0 Å². The van der Waals surface area contributed by atoms with Crippen LogP contribution in [-0.2, 0) is 0 Å². The molecular formula is C10H18N2O. The maximum atomic E-state index is 10.2. The van der Waals surface area contributed by atoms with E-state index in [2.05, 4.69) is 18.0 Å². The van der Waals surface area contributed by atoms with Crippen molar-refractivity contribution in [1.29, 1.82) is 5.26 Å². The molecule has 2 unspecified atom stereocenters. The van der Waals surface area contributed by atoms with Crippen LogP contribution in [0.25, 0.3) is 0 Å². The molecule has 1 fully saturated rings. The molecule has 74 valence electrons. The highest BCUT2D eigenvalue weighted by molar-refractivity contribution is 4.97. The zero-order chi connectivity index (χ0) is 9.90. The van der Waals surface area contributed by atoms with Crippen molar-refractivity contribution < 1.29 is 5.11 Å². The molecule has 1 saturated heterocycles. The number of nitrogens with zero attached hydrogens (tertiary/aromatic N) is 2. The van der Waals surface area contributed by atoms with E-state index in [1.54, 1.807) is 0 Å². The van der Waals surface area contributed by atoms with Crippen LogP contribution in [0.1, 0.15) is 26.2 Å². The topological polar surface area (TPSA) is 47.3 Å². The van der Waals surface area contributed by atoms with Crippen molar-refractivity contribution in [3.05, 3.63) is 0 Å². The van der Waals surface area contributed by atoms with Gasteiger partial charge >= 0.3 is 0 Å². The normalized spacial score (nSPS) is 33.4. The predicted octanol–water partition coefficient (Wildman–Crippen LogP) is 0.993. The van der Waals surface area contributed by atoms with Crippen LogP contribution in [0, 0.1) is 17.2 Å². The Morgan fingerprint density at radius 2 is 2.15 bits per heavy atom. The molecule has 3 heteroatoms. The molecule has 13 heavy (non-hydrogen) atoms. The van der Waals surface area contributed by atoms with Gasteiger partial charge in [-0.15, -0.1) is 0 Å². The summed E-state index contributed by atoms with van der Waals surface area (Å²) >= 11 is 0. The van der Waals surface area contributed by atoms with Gasteiger partial charge in [0.15, 0.2) is 0 Å². The van der Waals surface area contributed by atoms with Crippen molar-refractivity contribution in [2.24, 2.45) is 5.92 Å². The third kappa shape index (κ3) is 2.43. The molecule has 0 saturated carbocycles. The van der Waals surface area contributed by atoms with Gasteiger partial charge in [-0.05, 0) is 39.8 Å². The molecule has 0 spiro atoms. The van der Waals surface area contributed by atoms with Gasteiger partial charge in [0.05, 0.1) is 17.6 Å². The molecule has 1 aliphatic rings. The summed E-state index contributed by atoms with van der Waals surface area (Å²) in [6, 6.07) is 2.15. The Kier molecular flexibility index (Phi) is 3.29. The van der Waals surface area contributed by atoms with E-state index in [1.807, 2.05) is 6.92 Å². The highest BCUT2D eigenvalue weighted by atomic mass is 16.3. The Morgan fingerprint density at radius 1 is 1.46 bits per heavy atom. The van der Waals surface area contributed by atoms with Crippen LogP contribution in [0.2, 0.25) is 0 Å². The van der Waals surface area contributed by atoms with Gasteiger partial charge in [0.1, 0.15) is 0 Å². The molecule has 2 atom stereocenters. The van der Waals surface area contributed by atoms with Gasteiger partial charge in [-0.25, -0.2) is 0 Å². The number of hydrogen-bond donors (Lipinski definition) is 1. The number of hydrogen-bond acceptors (Lipinski definition) is 3. The molecule has 0 aromatic rings. The highest BCUT2D eigenvalue weighted by Gasteiger charge is 2.34. The quantitative estimate of drug-likeness (QED) is 0.658. The minimum atomic E-state index is -0.750. The molecular weight excluding hydrogens is 164 g/mol. The Labute approximate surface area is 80.0 Å². The van der Waals surface area contributed by atoms with Crippen molar-refractivity contribution in [3.8, 4) is 6.07 Å². The maximum Gasteiger partial charge on any atom is 0.0815 e. The molecule has 0 aromatic carbocycles. The van der Waals surface area contributed by atoms with Crippen molar-refractivity contribution in [2.75, 3.05) is 20.1 Å². The van der Waals surface area contributed by atoms with Crippen LogP contribution in [0.3, 0.4) is 0 Å². The first-order valence-electron chi connectivity index (χ1n) is 4.89. The lowest BCUT2D eigenvalue weighted by atomic mass is 9.83. The van der Waals surface area contributed by atoms with Crippen LogP contribution < -0.4 is 0 Å². The highest BCUT2D eigenvalue weighted by Crippen LogP contribution is 2.28. The summed E-state index contributed by atoms with van der Waals surface area (Å²) in [5.41, 5.74) is -0.750. The van der Waals surface area contributed by atoms with Crippen LogP contribution in [0.5, 0.6) is 0 Å². The van der Waals surface area contributed by atoms with Crippen molar-refractivity contribution in [1.82, 2.24) is 4.90 Å². The summed E-state index contributed by atoms with van der Waals surface area (Å²) in [6.07, 6.45) is 2.46.